The van der Waals surface area contributed by atoms with Crippen molar-refractivity contribution in [2.45, 2.75) is 73.2 Å². The van der Waals surface area contributed by atoms with Gasteiger partial charge in [-0.15, -0.1) is 13.2 Å². The van der Waals surface area contributed by atoms with Gasteiger partial charge in [0.15, 0.2) is 0 Å². The maximum Gasteiger partial charge on any atom is 0.313 e. The van der Waals surface area contributed by atoms with E-state index in [2.05, 4.69) is 34.4 Å². The number of rotatable bonds is 19. The van der Waals surface area contributed by atoms with Crippen LogP contribution in [0.25, 0.3) is 10.8 Å². The fraction of sp³-hybridized carbons (Fsp3) is 0.442. The molecule has 55 heavy (non-hydrogen) atoms. The number of hydrogen-bond donors (Lipinski definition) is 2. The largest absolute Gasteiger partial charge is 0.455 e. The van der Waals surface area contributed by atoms with Crippen LogP contribution in [0.2, 0.25) is 0 Å². The van der Waals surface area contributed by atoms with Crippen LogP contribution in [0.1, 0.15) is 50.2 Å². The number of amides is 3. The number of carbonyl (C=O) groups is 4. The molecule has 6 rings (SSSR count). The summed E-state index contributed by atoms with van der Waals surface area (Å²) in [6.45, 7) is 8.14. The zero-order valence-electron chi connectivity index (χ0n) is 31.2. The molecule has 3 aromatic rings. The first-order valence-corrected chi connectivity index (χ1v) is 19.9. The molecule has 0 aromatic heterocycles. The number of anilines is 1. The van der Waals surface area contributed by atoms with Crippen molar-refractivity contribution in [3.8, 4) is 0 Å². The van der Waals surface area contributed by atoms with E-state index in [1.54, 1.807) is 22.0 Å². The van der Waals surface area contributed by atoms with Crippen LogP contribution in [0.15, 0.2) is 98.1 Å². The Morgan fingerprint density at radius 2 is 1.80 bits per heavy atom. The minimum atomic E-state index is -1.32. The molecule has 11 nitrogen and oxygen atoms in total. The lowest BCUT2D eigenvalue weighted by molar-refractivity contribution is -0.163. The third-order valence-corrected chi connectivity index (χ3v) is 11.8. The fourth-order valence-corrected chi connectivity index (χ4v) is 9.50. The maximum atomic E-state index is 15.1. The maximum absolute atomic E-state index is 15.1. The summed E-state index contributed by atoms with van der Waals surface area (Å²) < 4.78 is 18.7. The first-order valence-electron chi connectivity index (χ1n) is 19.0. The minimum absolute atomic E-state index is 0.0171. The van der Waals surface area contributed by atoms with Crippen molar-refractivity contribution in [1.29, 1.82) is 0 Å². The van der Waals surface area contributed by atoms with Gasteiger partial charge in [-0.05, 0) is 60.6 Å². The average molecular weight is 817 g/mol. The molecule has 1 spiro atoms. The molecule has 3 saturated heterocycles. The Morgan fingerprint density at radius 3 is 2.51 bits per heavy atom. The van der Waals surface area contributed by atoms with Gasteiger partial charge in [-0.3, -0.25) is 19.2 Å². The SMILES string of the molecule is C=CCCC(=O)N[C@H](COC)[C@H](OC(=O)[C@H]1[C@@H]2O[C@@]3(CC2Br)[C@@H]1C(=O)N(CCCCCO)[C@@H]3C(=O)N(CC=C)c1ccc2ccccc2c1)c1ccccc1. The third-order valence-electron chi connectivity index (χ3n) is 11.0. The lowest BCUT2D eigenvalue weighted by Crippen LogP contribution is -2.57. The number of hydrogen-bond acceptors (Lipinski definition) is 8. The van der Waals surface area contributed by atoms with E-state index in [9.17, 15) is 19.5 Å². The normalized spacial score (nSPS) is 25.0. The van der Waals surface area contributed by atoms with Gasteiger partial charge in [-0.25, -0.2) is 0 Å². The van der Waals surface area contributed by atoms with E-state index in [-0.39, 0.29) is 55.3 Å². The molecule has 1 unspecified atom stereocenters. The standard InChI is InChI=1S/C43H50BrN3O8/c1-4-6-19-34(49)45-33(27-53-3)37(29-16-9-7-10-17-29)54-42(52)35-36-40(50)47(23-13-8-14-24-48)39(43(36)26-32(44)38(35)55-43)41(51)46(22-5-2)31-21-20-28-15-11-12-18-30(28)25-31/h4-5,7,9-12,15-18,20-21,25,32-33,35-39,48H,1-2,6,8,13-14,19,22-24,26-27H2,3H3,(H,45,49)/t32?,33-,35-,36+,37-,38-,39-,43+/m1/s1. The summed E-state index contributed by atoms with van der Waals surface area (Å²) in [7, 11) is 1.51. The Bertz CT molecular complexity index is 1870. The molecule has 3 aliphatic heterocycles. The highest BCUT2D eigenvalue weighted by atomic mass is 79.9. The number of halogens is 1. The molecule has 0 radical (unpaired) electrons. The number of ether oxygens (including phenoxy) is 3. The van der Waals surface area contributed by atoms with Crippen molar-refractivity contribution in [3.63, 3.8) is 0 Å². The summed E-state index contributed by atoms with van der Waals surface area (Å²) in [4.78, 5) is 60.4. The smallest absolute Gasteiger partial charge is 0.313 e. The molecule has 8 atom stereocenters. The number of likely N-dealkylation sites (tertiary alicyclic amines) is 1. The number of methoxy groups -OCH3 is 1. The predicted molar refractivity (Wildman–Crippen MR) is 213 cm³/mol. The number of nitrogens with one attached hydrogen (secondary N) is 1. The van der Waals surface area contributed by atoms with Crippen LogP contribution in [0.5, 0.6) is 0 Å². The summed E-state index contributed by atoms with van der Waals surface area (Å²) in [5.74, 6) is -3.61. The van der Waals surface area contributed by atoms with Crippen molar-refractivity contribution >= 4 is 56.1 Å². The number of aliphatic hydroxyl groups is 1. The fourth-order valence-electron chi connectivity index (χ4n) is 8.56. The summed E-state index contributed by atoms with van der Waals surface area (Å²) in [5.41, 5.74) is -0.0280. The number of esters is 1. The predicted octanol–water partition coefficient (Wildman–Crippen LogP) is 5.65. The number of alkyl halides is 1. The topological polar surface area (TPSA) is 135 Å². The van der Waals surface area contributed by atoms with E-state index >= 15 is 4.79 Å². The number of unbranched alkanes of at least 4 members (excludes halogenated alkanes) is 2. The van der Waals surface area contributed by atoms with Crippen molar-refractivity contribution in [1.82, 2.24) is 10.2 Å². The van der Waals surface area contributed by atoms with Crippen molar-refractivity contribution in [2.24, 2.45) is 11.8 Å². The molecule has 3 aliphatic rings. The van der Waals surface area contributed by atoms with Crippen LogP contribution in [-0.4, -0.2) is 95.7 Å². The van der Waals surface area contributed by atoms with Crippen molar-refractivity contribution < 1.29 is 38.5 Å². The number of allylic oxidation sites excluding steroid dienone is 1. The van der Waals surface area contributed by atoms with Crippen LogP contribution in [0, 0.1) is 11.8 Å². The molecule has 292 valence electrons. The molecule has 2 N–H and O–H groups in total. The summed E-state index contributed by atoms with van der Waals surface area (Å²) in [6.07, 6.45) is 4.37. The second-order valence-electron chi connectivity index (χ2n) is 14.5. The number of aliphatic hydroxyl groups excluding tert-OH is 1. The van der Waals surface area contributed by atoms with Gasteiger partial charge in [-0.2, -0.15) is 0 Å². The Labute approximate surface area is 330 Å². The highest BCUT2D eigenvalue weighted by molar-refractivity contribution is 9.09. The van der Waals surface area contributed by atoms with E-state index in [0.29, 0.717) is 43.4 Å². The minimum Gasteiger partial charge on any atom is -0.455 e. The molecule has 3 heterocycles. The molecule has 3 fully saturated rings. The van der Waals surface area contributed by atoms with Crippen molar-refractivity contribution in [2.75, 3.05) is 38.3 Å². The Balaban J connectivity index is 1.36. The monoisotopic (exact) mass is 815 g/mol. The molecule has 3 amide bonds. The zero-order valence-corrected chi connectivity index (χ0v) is 32.8. The van der Waals surface area contributed by atoms with Crippen molar-refractivity contribution in [3.05, 3.63) is 104 Å². The van der Waals surface area contributed by atoms with E-state index in [1.165, 1.54) is 7.11 Å². The molecular weight excluding hydrogens is 766 g/mol. The average Bonchev–Trinajstić information content (AvgIpc) is 3.79. The first-order chi connectivity index (χ1) is 26.7. The summed E-state index contributed by atoms with van der Waals surface area (Å²) in [5, 5.41) is 14.4. The van der Waals surface area contributed by atoms with E-state index in [1.807, 2.05) is 72.8 Å². The second kappa shape index (κ2) is 18.1. The third kappa shape index (κ3) is 8.14. The van der Waals surface area contributed by atoms with E-state index < -0.39 is 47.7 Å². The zero-order chi connectivity index (χ0) is 39.1. The van der Waals surface area contributed by atoms with Gasteiger partial charge in [0.25, 0.3) is 5.91 Å². The van der Waals surface area contributed by atoms with Crippen LogP contribution >= 0.6 is 15.9 Å². The molecule has 3 aromatic carbocycles. The Morgan fingerprint density at radius 1 is 1.05 bits per heavy atom. The molecule has 2 bridgehead atoms. The lowest BCUT2D eigenvalue weighted by atomic mass is 9.70. The Kier molecular flexibility index (Phi) is 13.2. The molecule has 12 heteroatoms. The number of nitrogens with zero attached hydrogens (tertiary/aromatic N) is 2. The van der Waals surface area contributed by atoms with Crippen LogP contribution in [-0.2, 0) is 33.4 Å². The first kappa shape index (κ1) is 40.3. The molecule has 0 saturated carbocycles. The lowest BCUT2D eigenvalue weighted by Gasteiger charge is -2.37. The quantitative estimate of drug-likeness (QED) is 0.0687. The Hall–Kier alpha value is -4.36. The van der Waals surface area contributed by atoms with Gasteiger partial charge in [-0.1, -0.05) is 88.7 Å². The van der Waals surface area contributed by atoms with Gasteiger partial charge in [0.2, 0.25) is 11.8 Å². The van der Waals surface area contributed by atoms with E-state index in [0.717, 1.165) is 10.8 Å². The number of carbonyl (C=O) groups excluding carboxylic acids is 4. The van der Waals surface area contributed by atoms with Gasteiger partial charge < -0.3 is 34.4 Å². The highest BCUT2D eigenvalue weighted by Crippen LogP contribution is 2.60. The highest BCUT2D eigenvalue weighted by Gasteiger charge is 2.77. The second-order valence-corrected chi connectivity index (χ2v) is 15.6. The molecular formula is C43H50BrN3O8. The van der Waals surface area contributed by atoms with Gasteiger partial charge in [0.1, 0.15) is 17.7 Å². The summed E-state index contributed by atoms with van der Waals surface area (Å²) >= 11 is 3.77. The van der Waals surface area contributed by atoms with Gasteiger partial charge in [0, 0.05) is 43.7 Å². The van der Waals surface area contributed by atoms with Crippen LogP contribution in [0.4, 0.5) is 5.69 Å². The van der Waals surface area contributed by atoms with Crippen LogP contribution < -0.4 is 10.2 Å². The number of fused-ring (bicyclic) bond motifs is 2. The van der Waals surface area contributed by atoms with E-state index in [4.69, 9.17) is 14.2 Å². The van der Waals surface area contributed by atoms with Crippen LogP contribution in [0.3, 0.4) is 0 Å². The number of benzene rings is 3. The summed E-state index contributed by atoms with van der Waals surface area (Å²) in [6, 6.07) is 21.0. The van der Waals surface area contributed by atoms with Gasteiger partial charge >= 0.3 is 5.97 Å². The van der Waals surface area contributed by atoms with Gasteiger partial charge in [0.05, 0.1) is 30.6 Å². The molecule has 0 aliphatic carbocycles.